The van der Waals surface area contributed by atoms with E-state index in [9.17, 15) is 4.79 Å². The zero-order valence-electron chi connectivity index (χ0n) is 17.1. The van der Waals surface area contributed by atoms with E-state index in [1.54, 1.807) is 11.8 Å². The van der Waals surface area contributed by atoms with Crippen LogP contribution in [0, 0.1) is 13.8 Å². The van der Waals surface area contributed by atoms with Gasteiger partial charge in [0.15, 0.2) is 0 Å². The van der Waals surface area contributed by atoms with Gasteiger partial charge in [0.1, 0.15) is 6.29 Å². The molecule has 0 bridgehead atoms. The number of para-hydroxylation sites is 1. The molecule has 0 fully saturated rings. The Morgan fingerprint density at radius 3 is 2.48 bits per heavy atom. The van der Waals surface area contributed by atoms with Crippen molar-refractivity contribution >= 4 is 35.1 Å². The van der Waals surface area contributed by atoms with Crippen LogP contribution >= 0.6 is 11.8 Å². The molecule has 0 atom stereocenters. The Morgan fingerprint density at radius 2 is 1.76 bits per heavy atom. The molecule has 4 rings (SSSR count). The lowest BCUT2D eigenvalue weighted by molar-refractivity contribution is 0.112. The summed E-state index contributed by atoms with van der Waals surface area (Å²) in [7, 11) is 1.81. The average Bonchev–Trinajstić information content (AvgIpc) is 2.72. The van der Waals surface area contributed by atoms with Crippen molar-refractivity contribution in [2.75, 3.05) is 12.4 Å². The maximum Gasteiger partial charge on any atom is 0.150 e. The molecule has 0 radical (unpaired) electrons. The fraction of sp³-hybridized carbons (Fsp3) is 0.167. The van der Waals surface area contributed by atoms with Crippen LogP contribution in [0.4, 0.5) is 11.4 Å². The summed E-state index contributed by atoms with van der Waals surface area (Å²) in [5.41, 5.74) is 10.3. The Balaban J connectivity index is 0.000000204. The van der Waals surface area contributed by atoms with Gasteiger partial charge in [-0.3, -0.25) is 4.79 Å². The smallest absolute Gasteiger partial charge is 0.150 e. The summed E-state index contributed by atoms with van der Waals surface area (Å²) >= 11 is 1.80. The maximum absolute atomic E-state index is 10.3. The third-order valence-electron chi connectivity index (χ3n) is 4.61. The van der Waals surface area contributed by atoms with E-state index in [1.807, 2.05) is 46.0 Å². The molecule has 0 spiro atoms. The van der Waals surface area contributed by atoms with Gasteiger partial charge in [-0.1, -0.05) is 53.7 Å². The minimum Gasteiger partial charge on any atom is -0.354 e. The first kappa shape index (κ1) is 20.7. The minimum atomic E-state index is 0.783. The fourth-order valence-corrected chi connectivity index (χ4v) is 4.02. The van der Waals surface area contributed by atoms with Gasteiger partial charge >= 0.3 is 0 Å². The molecule has 1 aliphatic heterocycles. The molecule has 0 amide bonds. The highest BCUT2D eigenvalue weighted by molar-refractivity contribution is 7.99. The molecule has 29 heavy (non-hydrogen) atoms. The van der Waals surface area contributed by atoms with Crippen LogP contribution in [0.1, 0.15) is 34.0 Å². The van der Waals surface area contributed by atoms with Gasteiger partial charge in [0, 0.05) is 22.4 Å². The summed E-state index contributed by atoms with van der Waals surface area (Å²) in [6, 6.07) is 20.5. The van der Waals surface area contributed by atoms with Crippen LogP contribution in [-0.4, -0.2) is 19.0 Å². The average molecular weight is 404 g/mol. The number of nitrogens with one attached hydrogen (secondary N) is 2. The summed E-state index contributed by atoms with van der Waals surface area (Å²) in [6.07, 6.45) is 0.884. The van der Waals surface area contributed by atoms with Crippen molar-refractivity contribution in [2.24, 2.45) is 5.10 Å². The molecular formula is C24H25N3OS. The van der Waals surface area contributed by atoms with Gasteiger partial charge < -0.3 is 10.7 Å². The summed E-state index contributed by atoms with van der Waals surface area (Å²) in [5.74, 6) is 0. The molecule has 0 saturated heterocycles. The summed E-state index contributed by atoms with van der Waals surface area (Å²) in [6.45, 7) is 5.96. The Morgan fingerprint density at radius 1 is 1.00 bits per heavy atom. The van der Waals surface area contributed by atoms with E-state index in [4.69, 9.17) is 0 Å². The number of carbonyl (C=O) groups is 1. The van der Waals surface area contributed by atoms with Crippen molar-refractivity contribution in [2.45, 2.75) is 30.6 Å². The first-order valence-electron chi connectivity index (χ1n) is 9.43. The molecule has 0 aliphatic carbocycles. The van der Waals surface area contributed by atoms with Gasteiger partial charge in [-0.2, -0.15) is 5.10 Å². The van der Waals surface area contributed by atoms with Crippen LogP contribution in [-0.2, 0) is 0 Å². The molecule has 3 aromatic rings. The third kappa shape index (κ3) is 5.06. The zero-order valence-corrected chi connectivity index (χ0v) is 17.9. The van der Waals surface area contributed by atoms with E-state index >= 15 is 0 Å². The minimum absolute atomic E-state index is 0.783. The number of benzene rings is 3. The van der Waals surface area contributed by atoms with Gasteiger partial charge in [0.2, 0.25) is 0 Å². The predicted octanol–water partition coefficient (Wildman–Crippen LogP) is 5.95. The molecule has 0 aromatic heterocycles. The number of hydrogen-bond acceptors (Lipinski definition) is 5. The van der Waals surface area contributed by atoms with Crippen LogP contribution in [0.2, 0.25) is 0 Å². The van der Waals surface area contributed by atoms with Crippen molar-refractivity contribution in [1.29, 1.82) is 0 Å². The van der Waals surface area contributed by atoms with Gasteiger partial charge in [-0.25, -0.2) is 0 Å². The molecule has 148 valence electrons. The number of anilines is 2. The van der Waals surface area contributed by atoms with Crippen molar-refractivity contribution in [1.82, 2.24) is 5.43 Å². The number of carbonyl (C=O) groups excluding carboxylic acids is 1. The number of hydrazone groups is 1. The third-order valence-corrected chi connectivity index (χ3v) is 5.76. The molecule has 5 heteroatoms. The number of aldehydes is 1. The molecule has 0 saturated carbocycles. The van der Waals surface area contributed by atoms with E-state index < -0.39 is 0 Å². The van der Waals surface area contributed by atoms with Gasteiger partial charge in [0.05, 0.1) is 17.1 Å². The topological polar surface area (TPSA) is 53.5 Å². The molecule has 4 nitrogen and oxygen atoms in total. The van der Waals surface area contributed by atoms with Crippen molar-refractivity contribution < 1.29 is 4.79 Å². The molecule has 2 N–H and O–H groups in total. The number of rotatable bonds is 3. The largest absolute Gasteiger partial charge is 0.354 e. The SMILES string of the molecule is CN/N=C(\C)c1ccc2c(c1)Nc1ccccc1S2.Cc1ccc(C=O)c(C)c1. The molecule has 0 unspecified atom stereocenters. The Kier molecular flexibility index (Phi) is 6.73. The lowest BCUT2D eigenvalue weighted by Crippen LogP contribution is -2.05. The van der Waals surface area contributed by atoms with Crippen LogP contribution in [0.15, 0.2) is 75.6 Å². The van der Waals surface area contributed by atoms with Gasteiger partial charge in [0.25, 0.3) is 0 Å². The Labute approximate surface area is 176 Å². The first-order valence-corrected chi connectivity index (χ1v) is 10.2. The highest BCUT2D eigenvalue weighted by atomic mass is 32.2. The Bertz CT molecular complexity index is 1060. The quantitative estimate of drug-likeness (QED) is 0.252. The van der Waals surface area contributed by atoms with E-state index in [-0.39, 0.29) is 0 Å². The van der Waals surface area contributed by atoms with E-state index in [0.29, 0.717) is 0 Å². The van der Waals surface area contributed by atoms with E-state index in [2.05, 4.69) is 58.3 Å². The summed E-state index contributed by atoms with van der Waals surface area (Å²) in [5, 5.41) is 7.70. The second-order valence-corrected chi connectivity index (χ2v) is 7.92. The van der Waals surface area contributed by atoms with Crippen molar-refractivity contribution in [3.63, 3.8) is 0 Å². The second kappa shape index (κ2) is 9.43. The molecule has 3 aromatic carbocycles. The zero-order chi connectivity index (χ0) is 20.8. The van der Waals surface area contributed by atoms with Crippen LogP contribution in [0.5, 0.6) is 0 Å². The van der Waals surface area contributed by atoms with Crippen LogP contribution in [0.3, 0.4) is 0 Å². The fourth-order valence-electron chi connectivity index (χ4n) is 3.05. The lowest BCUT2D eigenvalue weighted by atomic mass is 10.1. The van der Waals surface area contributed by atoms with Crippen LogP contribution in [0.25, 0.3) is 0 Å². The predicted molar refractivity (Wildman–Crippen MR) is 123 cm³/mol. The summed E-state index contributed by atoms with van der Waals surface area (Å²) in [4.78, 5) is 12.9. The lowest BCUT2D eigenvalue weighted by Gasteiger charge is -2.21. The van der Waals surface area contributed by atoms with Gasteiger partial charge in [-0.15, -0.1) is 0 Å². The maximum atomic E-state index is 10.3. The monoisotopic (exact) mass is 403 g/mol. The first-order chi connectivity index (χ1) is 14.0. The molecule has 1 aliphatic rings. The number of aryl methyl sites for hydroxylation is 2. The normalized spacial score (nSPS) is 11.9. The number of fused-ring (bicyclic) bond motifs is 2. The molecular weight excluding hydrogens is 378 g/mol. The van der Waals surface area contributed by atoms with E-state index in [0.717, 1.165) is 34.4 Å². The molecule has 1 heterocycles. The van der Waals surface area contributed by atoms with Crippen molar-refractivity contribution in [3.8, 4) is 0 Å². The number of hydrogen-bond donors (Lipinski definition) is 2. The Hall–Kier alpha value is -3.05. The second-order valence-electron chi connectivity index (χ2n) is 6.83. The summed E-state index contributed by atoms with van der Waals surface area (Å²) < 4.78 is 0. The highest BCUT2D eigenvalue weighted by Crippen LogP contribution is 2.44. The van der Waals surface area contributed by atoms with Crippen LogP contribution < -0.4 is 10.7 Å². The number of nitrogens with zero attached hydrogens (tertiary/aromatic N) is 1. The van der Waals surface area contributed by atoms with Gasteiger partial charge in [-0.05, 0) is 56.2 Å². The van der Waals surface area contributed by atoms with Crippen molar-refractivity contribution in [3.05, 3.63) is 82.9 Å². The highest BCUT2D eigenvalue weighted by Gasteiger charge is 2.15. The van der Waals surface area contributed by atoms with E-state index in [1.165, 1.54) is 21.0 Å². The standard InChI is InChI=1S/C15H15N3S.C9H10O/c1-10(18-16-2)11-7-8-15-13(9-11)17-12-5-3-4-6-14(12)19-15;1-7-3-4-9(6-10)8(2)5-7/h3-9,16-17H,1-2H3;3-6H,1-2H3/b18-10+;.